The van der Waals surface area contributed by atoms with Crippen LogP contribution in [0.1, 0.15) is 31.5 Å². The van der Waals surface area contributed by atoms with Gasteiger partial charge in [0.25, 0.3) is 0 Å². The molecule has 4 nitrogen and oxygen atoms in total. The lowest BCUT2D eigenvalue weighted by Gasteiger charge is -2.08. The highest BCUT2D eigenvalue weighted by Gasteiger charge is 2.21. The van der Waals surface area contributed by atoms with Crippen LogP contribution in [0.4, 0.5) is 0 Å². The number of benzene rings is 1. The molecule has 0 bridgehead atoms. The third kappa shape index (κ3) is 2.15. The fraction of sp³-hybridized carbons (Fsp3) is 0.308. The largest absolute Gasteiger partial charge is 0.480 e. The summed E-state index contributed by atoms with van der Waals surface area (Å²) < 4.78 is 2.95. The van der Waals surface area contributed by atoms with Crippen LogP contribution in [0.15, 0.2) is 28.9 Å². The lowest BCUT2D eigenvalue weighted by molar-refractivity contribution is -0.138. The second-order valence-electron chi connectivity index (χ2n) is 4.56. The second-order valence-corrected chi connectivity index (χ2v) is 5.48. The standard InChI is InChI=1S/C13H15BrN2O2/c1-7(2)16-6-10(12(15)13(17)18)9-5-8(14)3-4-11(9)16/h3-7,12H,15H2,1-2H3,(H,17,18). The van der Waals surface area contributed by atoms with Crippen LogP contribution < -0.4 is 5.73 Å². The lowest BCUT2D eigenvalue weighted by Crippen LogP contribution is -2.20. The second kappa shape index (κ2) is 4.74. The van der Waals surface area contributed by atoms with Crippen molar-refractivity contribution < 1.29 is 9.90 Å². The number of carboxylic acids is 1. The van der Waals surface area contributed by atoms with Gasteiger partial charge in [-0.1, -0.05) is 15.9 Å². The average Bonchev–Trinajstić information content (AvgIpc) is 2.66. The molecule has 1 atom stereocenters. The topological polar surface area (TPSA) is 68.2 Å². The van der Waals surface area contributed by atoms with Gasteiger partial charge in [0.05, 0.1) is 0 Å². The van der Waals surface area contributed by atoms with Crippen molar-refractivity contribution in [3.05, 3.63) is 34.4 Å². The van der Waals surface area contributed by atoms with Crippen molar-refractivity contribution in [1.29, 1.82) is 0 Å². The van der Waals surface area contributed by atoms with E-state index in [4.69, 9.17) is 10.8 Å². The molecule has 1 heterocycles. The summed E-state index contributed by atoms with van der Waals surface area (Å²) in [5.74, 6) is -1.02. The Morgan fingerprint density at radius 1 is 1.44 bits per heavy atom. The fourth-order valence-corrected chi connectivity index (χ4v) is 2.42. The normalized spacial score (nSPS) is 13.2. The van der Waals surface area contributed by atoms with Crippen molar-refractivity contribution in [3.8, 4) is 0 Å². The Morgan fingerprint density at radius 3 is 2.67 bits per heavy atom. The van der Waals surface area contributed by atoms with Crippen molar-refractivity contribution >= 4 is 32.8 Å². The van der Waals surface area contributed by atoms with Gasteiger partial charge in [-0.15, -0.1) is 0 Å². The van der Waals surface area contributed by atoms with Crippen LogP contribution in [0.25, 0.3) is 10.9 Å². The molecule has 0 radical (unpaired) electrons. The van der Waals surface area contributed by atoms with Gasteiger partial charge in [-0.3, -0.25) is 4.79 Å². The molecule has 2 aromatic rings. The predicted octanol–water partition coefficient (Wildman–Crippen LogP) is 3.07. The Balaban J connectivity index is 2.73. The number of hydrogen-bond acceptors (Lipinski definition) is 2. The molecule has 1 aromatic heterocycles. The van der Waals surface area contributed by atoms with Gasteiger partial charge in [0, 0.05) is 33.2 Å². The summed E-state index contributed by atoms with van der Waals surface area (Å²) in [4.78, 5) is 11.1. The van der Waals surface area contributed by atoms with Gasteiger partial charge in [-0.2, -0.15) is 0 Å². The van der Waals surface area contributed by atoms with Gasteiger partial charge in [-0.05, 0) is 32.0 Å². The molecule has 0 aliphatic rings. The van der Waals surface area contributed by atoms with Crippen LogP contribution in [-0.4, -0.2) is 15.6 Å². The number of nitrogens with two attached hydrogens (primary N) is 1. The molecule has 0 aliphatic heterocycles. The first-order chi connectivity index (χ1) is 8.41. The number of aromatic nitrogens is 1. The molecule has 0 fully saturated rings. The minimum atomic E-state index is -1.02. The monoisotopic (exact) mass is 310 g/mol. The van der Waals surface area contributed by atoms with E-state index in [1.165, 1.54) is 0 Å². The first kappa shape index (κ1) is 13.1. The maximum absolute atomic E-state index is 11.1. The van der Waals surface area contributed by atoms with Crippen molar-refractivity contribution in [2.45, 2.75) is 25.9 Å². The molecule has 5 heteroatoms. The van der Waals surface area contributed by atoms with E-state index in [1.54, 1.807) is 0 Å². The van der Waals surface area contributed by atoms with Gasteiger partial charge in [0.1, 0.15) is 6.04 Å². The van der Waals surface area contributed by atoms with Gasteiger partial charge < -0.3 is 15.4 Å². The van der Waals surface area contributed by atoms with Crippen LogP contribution >= 0.6 is 15.9 Å². The van der Waals surface area contributed by atoms with Crippen LogP contribution in [0.5, 0.6) is 0 Å². The molecule has 0 saturated heterocycles. The SMILES string of the molecule is CC(C)n1cc(C(N)C(=O)O)c2cc(Br)ccc21. The zero-order valence-electron chi connectivity index (χ0n) is 10.2. The number of carboxylic acid groups (broad SMARTS) is 1. The minimum Gasteiger partial charge on any atom is -0.480 e. The molecular formula is C13H15BrN2O2. The third-order valence-corrected chi connectivity index (χ3v) is 3.48. The number of fused-ring (bicyclic) bond motifs is 1. The number of nitrogens with zero attached hydrogens (tertiary/aromatic N) is 1. The van der Waals surface area contributed by atoms with Gasteiger partial charge in [-0.25, -0.2) is 0 Å². The van der Waals surface area contributed by atoms with E-state index < -0.39 is 12.0 Å². The molecule has 1 unspecified atom stereocenters. The fourth-order valence-electron chi connectivity index (χ4n) is 2.06. The van der Waals surface area contributed by atoms with Gasteiger partial charge >= 0.3 is 5.97 Å². The van der Waals surface area contributed by atoms with E-state index in [0.717, 1.165) is 15.4 Å². The first-order valence-corrected chi connectivity index (χ1v) is 6.49. The van der Waals surface area contributed by atoms with Crippen molar-refractivity contribution in [1.82, 2.24) is 4.57 Å². The Labute approximate surface area is 114 Å². The van der Waals surface area contributed by atoms with Crippen LogP contribution in [0.3, 0.4) is 0 Å². The Bertz CT molecular complexity index is 604. The minimum absolute atomic E-state index is 0.253. The molecule has 0 spiro atoms. The van der Waals surface area contributed by atoms with Crippen LogP contribution in [0, 0.1) is 0 Å². The molecular weight excluding hydrogens is 296 g/mol. The van der Waals surface area contributed by atoms with Gasteiger partial charge in [0.2, 0.25) is 0 Å². The molecule has 0 saturated carbocycles. The van der Waals surface area contributed by atoms with Crippen molar-refractivity contribution in [2.24, 2.45) is 5.73 Å². The molecule has 18 heavy (non-hydrogen) atoms. The zero-order chi connectivity index (χ0) is 13.4. The van der Waals surface area contributed by atoms with E-state index in [9.17, 15) is 4.79 Å². The van der Waals surface area contributed by atoms with E-state index >= 15 is 0 Å². The molecule has 1 aromatic carbocycles. The van der Waals surface area contributed by atoms with E-state index in [-0.39, 0.29) is 6.04 Å². The van der Waals surface area contributed by atoms with Crippen LogP contribution in [-0.2, 0) is 4.79 Å². The van der Waals surface area contributed by atoms with E-state index in [2.05, 4.69) is 29.8 Å². The first-order valence-electron chi connectivity index (χ1n) is 5.70. The summed E-state index contributed by atoms with van der Waals surface area (Å²) in [6.45, 7) is 4.11. The Hall–Kier alpha value is -1.33. The molecule has 0 amide bonds. The highest BCUT2D eigenvalue weighted by atomic mass is 79.9. The van der Waals surface area contributed by atoms with E-state index in [0.29, 0.717) is 5.56 Å². The number of aliphatic carboxylic acids is 1. The van der Waals surface area contributed by atoms with Crippen molar-refractivity contribution in [3.63, 3.8) is 0 Å². The zero-order valence-corrected chi connectivity index (χ0v) is 11.8. The van der Waals surface area contributed by atoms with Crippen molar-refractivity contribution in [2.75, 3.05) is 0 Å². The molecule has 2 rings (SSSR count). The Morgan fingerprint density at radius 2 is 2.11 bits per heavy atom. The Kier molecular flexibility index (Phi) is 3.45. The summed E-state index contributed by atoms with van der Waals surface area (Å²) in [5.41, 5.74) is 7.38. The third-order valence-electron chi connectivity index (χ3n) is 2.98. The average molecular weight is 311 g/mol. The molecule has 96 valence electrons. The summed E-state index contributed by atoms with van der Waals surface area (Å²) >= 11 is 3.40. The predicted molar refractivity (Wildman–Crippen MR) is 74.6 cm³/mol. The highest BCUT2D eigenvalue weighted by Crippen LogP contribution is 2.30. The maximum Gasteiger partial charge on any atom is 0.325 e. The number of carbonyl (C=O) groups is 1. The van der Waals surface area contributed by atoms with E-state index in [1.807, 2.05) is 29.0 Å². The van der Waals surface area contributed by atoms with Crippen LogP contribution in [0.2, 0.25) is 0 Å². The summed E-state index contributed by atoms with van der Waals surface area (Å²) in [5, 5.41) is 9.95. The summed E-state index contributed by atoms with van der Waals surface area (Å²) in [6.07, 6.45) is 1.83. The summed E-state index contributed by atoms with van der Waals surface area (Å²) in [6, 6.07) is 5.08. The maximum atomic E-state index is 11.1. The number of hydrogen-bond donors (Lipinski definition) is 2. The quantitative estimate of drug-likeness (QED) is 0.915. The number of rotatable bonds is 3. The lowest BCUT2D eigenvalue weighted by atomic mass is 10.1. The smallest absolute Gasteiger partial charge is 0.325 e. The molecule has 0 aliphatic carbocycles. The molecule has 3 N–H and O–H groups in total. The van der Waals surface area contributed by atoms with Gasteiger partial charge in [0.15, 0.2) is 0 Å². The highest BCUT2D eigenvalue weighted by molar-refractivity contribution is 9.10. The summed E-state index contributed by atoms with van der Waals surface area (Å²) in [7, 11) is 0. The number of halogens is 1.